The molecule has 0 aromatic heterocycles. The average molecular weight is 492 g/mol. The van der Waals surface area contributed by atoms with E-state index in [0.717, 1.165) is 28.9 Å². The number of halogens is 4. The molecule has 0 amide bonds. The Hall–Kier alpha value is -1.82. The fraction of sp³-hybridized carbons (Fsp3) is 0.280. The predicted molar refractivity (Wildman–Crippen MR) is 128 cm³/mol. The summed E-state index contributed by atoms with van der Waals surface area (Å²) in [7, 11) is 0. The molecule has 2 unspecified atom stereocenters. The maximum absolute atomic E-state index is 13.7. The molecule has 1 aliphatic heterocycles. The molecular weight excluding hydrogens is 470 g/mol. The molecule has 3 atom stereocenters. The van der Waals surface area contributed by atoms with Crippen molar-refractivity contribution in [2.24, 2.45) is 0 Å². The predicted octanol–water partition coefficient (Wildman–Crippen LogP) is 6.31. The van der Waals surface area contributed by atoms with E-state index < -0.39 is 6.10 Å². The van der Waals surface area contributed by atoms with Crippen LogP contribution in [0.5, 0.6) is 0 Å². The van der Waals surface area contributed by atoms with Crippen LogP contribution in [-0.2, 0) is 6.42 Å². The van der Waals surface area contributed by atoms with Gasteiger partial charge in [0.1, 0.15) is 5.82 Å². The summed E-state index contributed by atoms with van der Waals surface area (Å²) in [5, 5.41) is 12.8. The second-order valence-corrected chi connectivity index (χ2v) is 9.69. The van der Waals surface area contributed by atoms with Crippen molar-refractivity contribution in [2.45, 2.75) is 24.6 Å². The number of nitrogens with zero attached hydrogens (tertiary/aromatic N) is 2. The molecule has 3 aromatic carbocycles. The summed E-state index contributed by atoms with van der Waals surface area (Å²) in [4.78, 5) is 4.58. The van der Waals surface area contributed by atoms with Gasteiger partial charge < -0.3 is 10.0 Å². The van der Waals surface area contributed by atoms with Gasteiger partial charge in [-0.25, -0.2) is 4.39 Å². The summed E-state index contributed by atoms with van der Waals surface area (Å²) in [6, 6.07) is 18.1. The van der Waals surface area contributed by atoms with Gasteiger partial charge in [-0.15, -0.1) is 0 Å². The van der Waals surface area contributed by atoms with Crippen molar-refractivity contribution in [1.82, 2.24) is 4.90 Å². The lowest BCUT2D eigenvalue weighted by molar-refractivity contribution is 0.0489. The molecular formula is C25H22Cl3FN2O. The van der Waals surface area contributed by atoms with E-state index in [4.69, 9.17) is 34.8 Å². The van der Waals surface area contributed by atoms with Gasteiger partial charge in [0.05, 0.1) is 28.9 Å². The van der Waals surface area contributed by atoms with Crippen molar-refractivity contribution in [3.63, 3.8) is 0 Å². The van der Waals surface area contributed by atoms with Crippen LogP contribution in [-0.4, -0.2) is 35.7 Å². The Morgan fingerprint density at radius 3 is 2.38 bits per heavy atom. The van der Waals surface area contributed by atoms with Gasteiger partial charge in [0.2, 0.25) is 0 Å². The molecule has 3 nitrogen and oxygen atoms in total. The Bertz CT molecular complexity index is 1140. The Morgan fingerprint density at radius 2 is 1.62 bits per heavy atom. The van der Waals surface area contributed by atoms with E-state index in [9.17, 15) is 9.50 Å². The SMILES string of the molecule is OC1Cc2cc(F)ccc2C1N1CCN(c2ccc(Cl)cc2Cl)[C@H](c2ccc(Cl)cc2)C1. The number of rotatable bonds is 3. The number of hydrogen-bond donors (Lipinski definition) is 1. The molecule has 5 rings (SSSR count). The molecule has 1 saturated heterocycles. The number of aliphatic hydroxyl groups excluding tert-OH is 1. The van der Waals surface area contributed by atoms with Crippen LogP contribution in [0.3, 0.4) is 0 Å². The first-order valence-corrected chi connectivity index (χ1v) is 11.7. The fourth-order valence-corrected chi connectivity index (χ4v) is 5.70. The van der Waals surface area contributed by atoms with Crippen molar-refractivity contribution in [3.05, 3.63) is 98.2 Å². The first-order valence-electron chi connectivity index (χ1n) is 10.6. The van der Waals surface area contributed by atoms with Gasteiger partial charge in [0, 0.05) is 36.1 Å². The van der Waals surface area contributed by atoms with Crippen LogP contribution in [0.1, 0.15) is 28.8 Å². The third kappa shape index (κ3) is 4.11. The number of aliphatic hydroxyl groups is 1. The lowest BCUT2D eigenvalue weighted by atomic mass is 9.98. The minimum atomic E-state index is -0.566. The first kappa shape index (κ1) is 22.0. The zero-order valence-corrected chi connectivity index (χ0v) is 19.5. The van der Waals surface area contributed by atoms with E-state index in [1.807, 2.05) is 42.5 Å². The minimum absolute atomic E-state index is 0.00334. The number of benzene rings is 3. The van der Waals surface area contributed by atoms with Crippen molar-refractivity contribution in [2.75, 3.05) is 24.5 Å². The van der Waals surface area contributed by atoms with Crippen molar-refractivity contribution in [3.8, 4) is 0 Å². The van der Waals surface area contributed by atoms with Crippen molar-refractivity contribution in [1.29, 1.82) is 0 Å². The zero-order valence-electron chi connectivity index (χ0n) is 17.2. The number of fused-ring (bicyclic) bond motifs is 1. The molecule has 0 radical (unpaired) electrons. The highest BCUT2D eigenvalue weighted by Gasteiger charge is 2.40. The van der Waals surface area contributed by atoms with Gasteiger partial charge in [-0.3, -0.25) is 4.90 Å². The monoisotopic (exact) mass is 490 g/mol. The van der Waals surface area contributed by atoms with E-state index in [1.54, 1.807) is 12.1 Å². The molecule has 1 fully saturated rings. The van der Waals surface area contributed by atoms with Gasteiger partial charge >= 0.3 is 0 Å². The highest BCUT2D eigenvalue weighted by atomic mass is 35.5. The topological polar surface area (TPSA) is 26.7 Å². The van der Waals surface area contributed by atoms with Crippen LogP contribution in [0.15, 0.2) is 60.7 Å². The lowest BCUT2D eigenvalue weighted by Crippen LogP contribution is -2.51. The quantitative estimate of drug-likeness (QED) is 0.465. The summed E-state index contributed by atoms with van der Waals surface area (Å²) < 4.78 is 13.7. The van der Waals surface area contributed by atoms with Crippen LogP contribution in [0.2, 0.25) is 15.1 Å². The molecule has 1 aliphatic carbocycles. The summed E-state index contributed by atoms with van der Waals surface area (Å²) >= 11 is 18.8. The van der Waals surface area contributed by atoms with Crippen LogP contribution < -0.4 is 4.90 Å². The van der Waals surface area contributed by atoms with E-state index in [0.29, 0.717) is 34.6 Å². The molecule has 3 aromatic rings. The Labute approximate surface area is 201 Å². The molecule has 0 bridgehead atoms. The zero-order chi connectivity index (χ0) is 22.4. The third-order valence-electron chi connectivity index (χ3n) is 6.50. The van der Waals surface area contributed by atoms with E-state index >= 15 is 0 Å². The average Bonchev–Trinajstić information content (AvgIpc) is 3.09. The van der Waals surface area contributed by atoms with Crippen LogP contribution in [0.4, 0.5) is 10.1 Å². The Balaban J connectivity index is 1.50. The third-order valence-corrected chi connectivity index (χ3v) is 7.29. The van der Waals surface area contributed by atoms with E-state index in [2.05, 4.69) is 9.80 Å². The van der Waals surface area contributed by atoms with Crippen molar-refractivity contribution >= 4 is 40.5 Å². The smallest absolute Gasteiger partial charge is 0.123 e. The normalized spacial score (nSPS) is 23.4. The summed E-state index contributed by atoms with van der Waals surface area (Å²) in [6.07, 6.45) is -0.101. The first-order chi connectivity index (χ1) is 15.4. The second kappa shape index (κ2) is 8.85. The van der Waals surface area contributed by atoms with Gasteiger partial charge in [0.25, 0.3) is 0 Å². The van der Waals surface area contributed by atoms with Crippen LogP contribution in [0.25, 0.3) is 0 Å². The lowest BCUT2D eigenvalue weighted by Gasteiger charge is -2.46. The highest BCUT2D eigenvalue weighted by molar-refractivity contribution is 6.36. The van der Waals surface area contributed by atoms with Crippen LogP contribution in [0, 0.1) is 5.82 Å². The maximum atomic E-state index is 13.7. The van der Waals surface area contributed by atoms with Gasteiger partial charge in [-0.2, -0.15) is 0 Å². The number of piperazine rings is 1. The molecule has 32 heavy (non-hydrogen) atoms. The summed E-state index contributed by atoms with van der Waals surface area (Å²) in [6.45, 7) is 2.13. The number of anilines is 1. The Morgan fingerprint density at radius 1 is 0.875 bits per heavy atom. The number of hydrogen-bond acceptors (Lipinski definition) is 3. The van der Waals surface area contributed by atoms with Crippen LogP contribution >= 0.6 is 34.8 Å². The standard InChI is InChI=1S/C25H22Cl3FN2O/c26-17-3-1-15(2-4-17)23-14-30(9-10-31(23)22-8-5-18(27)13-21(22)28)25-20-7-6-19(29)11-16(20)12-24(25)32/h1-8,11,13,23-25,32H,9-10,12,14H2/t23-,24?,25?/m0/s1. The molecule has 2 aliphatic rings. The summed E-state index contributed by atoms with van der Waals surface area (Å²) in [5.41, 5.74) is 3.92. The molecule has 1 heterocycles. The Kier molecular flexibility index (Phi) is 6.08. The molecule has 1 N–H and O–H groups in total. The largest absolute Gasteiger partial charge is 0.391 e. The van der Waals surface area contributed by atoms with E-state index in [-0.39, 0.29) is 17.9 Å². The fourth-order valence-electron chi connectivity index (χ4n) is 5.05. The molecule has 0 spiro atoms. The minimum Gasteiger partial charge on any atom is -0.391 e. The summed E-state index contributed by atoms with van der Waals surface area (Å²) in [5.74, 6) is -0.266. The highest BCUT2D eigenvalue weighted by Crippen LogP contribution is 2.42. The van der Waals surface area contributed by atoms with Gasteiger partial charge in [-0.05, 0) is 59.2 Å². The van der Waals surface area contributed by atoms with Gasteiger partial charge in [-0.1, -0.05) is 53.0 Å². The van der Waals surface area contributed by atoms with Gasteiger partial charge in [0.15, 0.2) is 0 Å². The molecule has 0 saturated carbocycles. The second-order valence-electron chi connectivity index (χ2n) is 8.41. The maximum Gasteiger partial charge on any atom is 0.123 e. The molecule has 7 heteroatoms. The van der Waals surface area contributed by atoms with E-state index in [1.165, 1.54) is 6.07 Å². The van der Waals surface area contributed by atoms with Crippen molar-refractivity contribution < 1.29 is 9.50 Å². The molecule has 166 valence electrons.